The van der Waals surface area contributed by atoms with E-state index in [1.165, 1.54) is 5.56 Å². The summed E-state index contributed by atoms with van der Waals surface area (Å²) >= 11 is 0. The minimum atomic E-state index is -3.26. The molecule has 104 valence electrons. The second-order valence-electron chi connectivity index (χ2n) is 4.49. The predicted octanol–water partition coefficient (Wildman–Crippen LogP) is -0.0455. The van der Waals surface area contributed by atoms with Gasteiger partial charge in [0.2, 0.25) is 16.0 Å². The van der Waals surface area contributed by atoms with E-state index < -0.39 is 10.0 Å². The molecule has 0 fully saturated rings. The Hall–Kier alpha value is -1.60. The molecule has 1 aliphatic heterocycles. The Morgan fingerprint density at radius 1 is 1.37 bits per heavy atom. The summed E-state index contributed by atoms with van der Waals surface area (Å²) in [4.78, 5) is 6.26. The molecule has 1 aromatic rings. The van der Waals surface area contributed by atoms with Crippen LogP contribution >= 0.6 is 0 Å². The van der Waals surface area contributed by atoms with E-state index >= 15 is 0 Å². The molecule has 0 radical (unpaired) electrons. The van der Waals surface area contributed by atoms with Gasteiger partial charge in [-0.05, 0) is 12.0 Å². The quantitative estimate of drug-likeness (QED) is 0.812. The van der Waals surface area contributed by atoms with E-state index in [1.54, 1.807) is 0 Å². The molecular weight excluding hydrogens is 264 g/mol. The van der Waals surface area contributed by atoms with Crippen LogP contribution in [-0.2, 0) is 16.4 Å². The first kappa shape index (κ1) is 13.8. The van der Waals surface area contributed by atoms with Gasteiger partial charge in [0.25, 0.3) is 0 Å². The molecule has 0 aromatic heterocycles. The Bertz CT molecular complexity index is 542. The fraction of sp³-hybridized carbons (Fsp3) is 0.417. The molecular formula is C12H18N4O2S. The third-order valence-corrected chi connectivity index (χ3v) is 3.30. The highest BCUT2D eigenvalue weighted by Crippen LogP contribution is 2.02. The summed E-state index contributed by atoms with van der Waals surface area (Å²) in [5.74, 6) is 0.318. The summed E-state index contributed by atoms with van der Waals surface area (Å²) in [7, 11) is -3.26. The summed E-state index contributed by atoms with van der Waals surface area (Å²) < 4.78 is 24.4. The zero-order chi connectivity index (χ0) is 13.7. The zero-order valence-electron chi connectivity index (χ0n) is 10.8. The molecule has 0 bridgehead atoms. The summed E-state index contributed by atoms with van der Waals surface area (Å²) in [6.45, 7) is 1.97. The zero-order valence-corrected chi connectivity index (χ0v) is 11.7. The SMILES string of the molecule is CS(=O)(=O)NC1=NCN(CCc2ccccc2)CN1. The number of rotatable bonds is 4. The largest absolute Gasteiger partial charge is 0.343 e. The molecule has 0 unspecified atom stereocenters. The van der Waals surface area contributed by atoms with Gasteiger partial charge in [-0.1, -0.05) is 30.3 Å². The molecule has 7 heteroatoms. The maximum absolute atomic E-state index is 11.0. The molecule has 1 aromatic carbocycles. The summed E-state index contributed by atoms with van der Waals surface area (Å²) in [6.07, 6.45) is 2.06. The number of sulfonamides is 1. The van der Waals surface area contributed by atoms with Gasteiger partial charge in [0.15, 0.2) is 0 Å². The maximum atomic E-state index is 11.0. The topological polar surface area (TPSA) is 73.8 Å². The van der Waals surface area contributed by atoms with Gasteiger partial charge in [-0.15, -0.1) is 0 Å². The van der Waals surface area contributed by atoms with Gasteiger partial charge < -0.3 is 5.32 Å². The average molecular weight is 282 g/mol. The lowest BCUT2D eigenvalue weighted by Gasteiger charge is -2.26. The average Bonchev–Trinajstić information content (AvgIpc) is 2.37. The van der Waals surface area contributed by atoms with Gasteiger partial charge in [-0.2, -0.15) is 0 Å². The van der Waals surface area contributed by atoms with Crippen molar-refractivity contribution in [3.8, 4) is 0 Å². The third kappa shape index (κ3) is 4.88. The van der Waals surface area contributed by atoms with Gasteiger partial charge in [-0.25, -0.2) is 13.4 Å². The summed E-state index contributed by atoms with van der Waals surface area (Å²) in [5, 5.41) is 2.95. The van der Waals surface area contributed by atoms with Crippen LogP contribution in [-0.4, -0.2) is 45.4 Å². The van der Waals surface area contributed by atoms with Crippen LogP contribution in [0.25, 0.3) is 0 Å². The van der Waals surface area contributed by atoms with Crippen LogP contribution in [0.2, 0.25) is 0 Å². The van der Waals surface area contributed by atoms with Gasteiger partial charge in [0.1, 0.15) is 0 Å². The van der Waals surface area contributed by atoms with Gasteiger partial charge in [0, 0.05) is 6.54 Å². The number of hydrogen-bond donors (Lipinski definition) is 2. The first-order valence-corrected chi connectivity index (χ1v) is 7.94. The van der Waals surface area contributed by atoms with Crippen molar-refractivity contribution in [2.75, 3.05) is 26.1 Å². The van der Waals surface area contributed by atoms with Crippen LogP contribution in [0.15, 0.2) is 35.3 Å². The lowest BCUT2D eigenvalue weighted by molar-refractivity contribution is 0.267. The van der Waals surface area contributed by atoms with Crippen LogP contribution in [0.4, 0.5) is 0 Å². The highest BCUT2D eigenvalue weighted by Gasteiger charge is 2.14. The Kier molecular flexibility index (Phi) is 4.39. The molecule has 0 amide bonds. The van der Waals surface area contributed by atoms with Crippen LogP contribution in [0.5, 0.6) is 0 Å². The first-order chi connectivity index (χ1) is 9.03. The second kappa shape index (κ2) is 6.03. The highest BCUT2D eigenvalue weighted by atomic mass is 32.2. The van der Waals surface area contributed by atoms with Crippen molar-refractivity contribution in [3.05, 3.63) is 35.9 Å². The second-order valence-corrected chi connectivity index (χ2v) is 6.24. The Balaban J connectivity index is 1.80. The first-order valence-electron chi connectivity index (χ1n) is 6.05. The van der Waals surface area contributed by atoms with Crippen molar-refractivity contribution in [1.82, 2.24) is 14.9 Å². The predicted molar refractivity (Wildman–Crippen MR) is 75.1 cm³/mol. The van der Waals surface area contributed by atoms with Crippen molar-refractivity contribution in [1.29, 1.82) is 0 Å². The van der Waals surface area contributed by atoms with Crippen molar-refractivity contribution < 1.29 is 8.42 Å². The number of benzene rings is 1. The molecule has 6 nitrogen and oxygen atoms in total. The van der Waals surface area contributed by atoms with Crippen LogP contribution in [0, 0.1) is 0 Å². The summed E-state index contributed by atoms with van der Waals surface area (Å²) in [6, 6.07) is 10.2. The van der Waals surface area contributed by atoms with Crippen molar-refractivity contribution in [3.63, 3.8) is 0 Å². The number of nitrogens with one attached hydrogen (secondary N) is 2. The van der Waals surface area contributed by atoms with Gasteiger partial charge in [0.05, 0.1) is 19.6 Å². The standard InChI is InChI=1S/C12H18N4O2S/c1-19(17,18)15-12-13-9-16(10-14-12)8-7-11-5-3-2-4-6-11/h2-6H,7-10H2,1H3,(H2,13,14,15). The fourth-order valence-electron chi connectivity index (χ4n) is 1.79. The molecule has 0 aliphatic carbocycles. The molecule has 1 heterocycles. The molecule has 0 atom stereocenters. The van der Waals surface area contributed by atoms with E-state index in [-0.39, 0.29) is 0 Å². The van der Waals surface area contributed by atoms with Crippen LogP contribution in [0.3, 0.4) is 0 Å². The Morgan fingerprint density at radius 2 is 2.11 bits per heavy atom. The van der Waals surface area contributed by atoms with E-state index in [0.717, 1.165) is 19.2 Å². The fourth-order valence-corrected chi connectivity index (χ4v) is 2.28. The molecule has 0 spiro atoms. The molecule has 0 saturated heterocycles. The minimum absolute atomic E-state index is 0.318. The Labute approximate surface area is 113 Å². The smallest absolute Gasteiger partial charge is 0.232 e. The number of aliphatic imine (C=N–C) groups is 1. The lowest BCUT2D eigenvalue weighted by atomic mass is 10.1. The number of guanidine groups is 1. The van der Waals surface area contributed by atoms with E-state index in [9.17, 15) is 8.42 Å². The monoisotopic (exact) mass is 282 g/mol. The molecule has 19 heavy (non-hydrogen) atoms. The van der Waals surface area contributed by atoms with E-state index in [2.05, 4.69) is 32.1 Å². The molecule has 0 saturated carbocycles. The summed E-state index contributed by atoms with van der Waals surface area (Å²) in [5.41, 5.74) is 1.28. The van der Waals surface area contributed by atoms with Crippen LogP contribution < -0.4 is 10.0 Å². The molecule has 2 rings (SSSR count). The molecule has 2 N–H and O–H groups in total. The third-order valence-electron chi connectivity index (χ3n) is 2.74. The minimum Gasteiger partial charge on any atom is -0.343 e. The number of hydrogen-bond acceptors (Lipinski definition) is 5. The maximum Gasteiger partial charge on any atom is 0.232 e. The lowest BCUT2D eigenvalue weighted by Crippen LogP contribution is -2.50. The van der Waals surface area contributed by atoms with E-state index in [1.807, 2.05) is 18.2 Å². The van der Waals surface area contributed by atoms with Gasteiger partial charge >= 0.3 is 0 Å². The number of nitrogens with zero attached hydrogens (tertiary/aromatic N) is 2. The molecule has 1 aliphatic rings. The van der Waals surface area contributed by atoms with Crippen molar-refractivity contribution in [2.24, 2.45) is 4.99 Å². The normalized spacial score (nSPS) is 16.6. The van der Waals surface area contributed by atoms with Crippen molar-refractivity contribution >= 4 is 16.0 Å². The highest BCUT2D eigenvalue weighted by molar-refractivity contribution is 7.89. The Morgan fingerprint density at radius 3 is 2.68 bits per heavy atom. The van der Waals surface area contributed by atoms with Crippen molar-refractivity contribution in [2.45, 2.75) is 6.42 Å². The van der Waals surface area contributed by atoms with Crippen LogP contribution in [0.1, 0.15) is 5.56 Å². The van der Waals surface area contributed by atoms with Gasteiger partial charge in [-0.3, -0.25) is 9.62 Å². The van der Waals surface area contributed by atoms with E-state index in [4.69, 9.17) is 0 Å². The van der Waals surface area contributed by atoms with E-state index in [0.29, 0.717) is 19.3 Å².